The lowest BCUT2D eigenvalue weighted by atomic mass is 10.1. The van der Waals surface area contributed by atoms with E-state index in [0.29, 0.717) is 0 Å². The molecule has 1 N–H and O–H groups in total. The third-order valence-corrected chi connectivity index (χ3v) is 4.17. The summed E-state index contributed by atoms with van der Waals surface area (Å²) in [6.07, 6.45) is 6.67. The molecule has 4 nitrogen and oxygen atoms in total. The van der Waals surface area contributed by atoms with E-state index in [1.165, 1.54) is 37.1 Å². The third kappa shape index (κ3) is 3.64. The van der Waals surface area contributed by atoms with Crippen LogP contribution in [0, 0.1) is 0 Å². The Morgan fingerprint density at radius 2 is 1.90 bits per heavy atom. The van der Waals surface area contributed by atoms with Gasteiger partial charge in [-0.3, -0.25) is 9.58 Å². The molecule has 2 aromatic rings. The van der Waals surface area contributed by atoms with Crippen LogP contribution in [0.2, 0.25) is 0 Å². The van der Waals surface area contributed by atoms with Crippen LogP contribution in [-0.2, 0) is 13.6 Å². The van der Waals surface area contributed by atoms with Crippen molar-refractivity contribution in [2.75, 3.05) is 18.4 Å². The molecule has 1 aliphatic heterocycles. The predicted molar refractivity (Wildman–Crippen MR) is 86.2 cm³/mol. The summed E-state index contributed by atoms with van der Waals surface area (Å²) in [4.78, 5) is 2.53. The van der Waals surface area contributed by atoms with Gasteiger partial charge in [-0.25, -0.2) is 0 Å². The van der Waals surface area contributed by atoms with Gasteiger partial charge in [0, 0.05) is 31.0 Å². The first-order valence-electron chi connectivity index (χ1n) is 7.77. The Labute approximate surface area is 126 Å². The van der Waals surface area contributed by atoms with Gasteiger partial charge in [-0.15, -0.1) is 0 Å². The molecule has 2 heterocycles. The average molecular weight is 284 g/mol. The summed E-state index contributed by atoms with van der Waals surface area (Å²) in [7, 11) is 1.95. The zero-order valence-electron chi connectivity index (χ0n) is 12.9. The van der Waals surface area contributed by atoms with E-state index in [1.54, 1.807) is 0 Å². The Bertz CT molecular complexity index is 567. The fourth-order valence-corrected chi connectivity index (χ4v) is 2.90. The molecule has 1 aromatic heterocycles. The van der Waals surface area contributed by atoms with Crippen LogP contribution < -0.4 is 5.32 Å². The Morgan fingerprint density at radius 3 is 2.52 bits per heavy atom. The van der Waals surface area contributed by atoms with Gasteiger partial charge in [0.1, 0.15) is 0 Å². The number of benzene rings is 1. The summed E-state index contributed by atoms with van der Waals surface area (Å²) in [5, 5.41) is 7.75. The highest BCUT2D eigenvalue weighted by Gasteiger charge is 2.12. The summed E-state index contributed by atoms with van der Waals surface area (Å²) in [5.74, 6) is 0. The molecular formula is C17H24N4. The van der Waals surface area contributed by atoms with Crippen LogP contribution in [0.5, 0.6) is 0 Å². The molecule has 1 aromatic carbocycles. The summed E-state index contributed by atoms with van der Waals surface area (Å²) < 4.78 is 1.84. The number of aromatic nitrogens is 2. The maximum Gasteiger partial charge on any atom is 0.0542 e. The molecule has 21 heavy (non-hydrogen) atoms. The number of rotatable bonds is 5. The second-order valence-electron chi connectivity index (χ2n) is 5.99. The van der Waals surface area contributed by atoms with E-state index in [9.17, 15) is 0 Å². The highest BCUT2D eigenvalue weighted by molar-refractivity contribution is 5.46. The lowest BCUT2D eigenvalue weighted by molar-refractivity contribution is 0.331. The van der Waals surface area contributed by atoms with Crippen LogP contribution in [0.4, 0.5) is 5.69 Å². The molecule has 0 radical (unpaired) electrons. The molecule has 112 valence electrons. The van der Waals surface area contributed by atoms with Gasteiger partial charge in [0.15, 0.2) is 0 Å². The van der Waals surface area contributed by atoms with Gasteiger partial charge in [-0.2, -0.15) is 5.10 Å². The van der Waals surface area contributed by atoms with Gasteiger partial charge in [0.25, 0.3) is 0 Å². The monoisotopic (exact) mass is 284 g/mol. The van der Waals surface area contributed by atoms with Crippen molar-refractivity contribution in [1.29, 1.82) is 0 Å². The molecule has 1 unspecified atom stereocenters. The van der Waals surface area contributed by atoms with Crippen molar-refractivity contribution in [3.63, 3.8) is 0 Å². The number of anilines is 1. The first kappa shape index (κ1) is 14.1. The van der Waals surface area contributed by atoms with Crippen molar-refractivity contribution < 1.29 is 0 Å². The minimum absolute atomic E-state index is 0.267. The fourth-order valence-electron chi connectivity index (χ4n) is 2.90. The molecule has 0 spiro atoms. The second kappa shape index (κ2) is 6.31. The van der Waals surface area contributed by atoms with Gasteiger partial charge in [0.2, 0.25) is 0 Å². The molecule has 3 rings (SSSR count). The summed E-state index contributed by atoms with van der Waals surface area (Å²) in [5.41, 5.74) is 3.77. The minimum atomic E-state index is 0.267. The maximum atomic E-state index is 4.22. The van der Waals surface area contributed by atoms with Gasteiger partial charge < -0.3 is 5.32 Å². The molecule has 4 heteroatoms. The van der Waals surface area contributed by atoms with Crippen molar-refractivity contribution in [3.05, 3.63) is 47.8 Å². The van der Waals surface area contributed by atoms with Crippen LogP contribution in [0.3, 0.4) is 0 Å². The van der Waals surface area contributed by atoms with E-state index in [2.05, 4.69) is 52.7 Å². The van der Waals surface area contributed by atoms with Crippen molar-refractivity contribution in [1.82, 2.24) is 14.7 Å². The van der Waals surface area contributed by atoms with Crippen LogP contribution in [0.15, 0.2) is 36.7 Å². The minimum Gasteiger partial charge on any atom is -0.378 e. The van der Waals surface area contributed by atoms with Crippen molar-refractivity contribution in [2.24, 2.45) is 7.05 Å². The van der Waals surface area contributed by atoms with Gasteiger partial charge >= 0.3 is 0 Å². The first-order chi connectivity index (χ1) is 10.2. The molecule has 1 fully saturated rings. The van der Waals surface area contributed by atoms with Gasteiger partial charge in [-0.05, 0) is 50.6 Å². The van der Waals surface area contributed by atoms with Crippen LogP contribution in [-0.4, -0.2) is 27.8 Å². The van der Waals surface area contributed by atoms with E-state index >= 15 is 0 Å². The Balaban J connectivity index is 1.58. The van der Waals surface area contributed by atoms with E-state index in [1.807, 2.05) is 17.9 Å². The number of nitrogens with zero attached hydrogens (tertiary/aromatic N) is 3. The number of likely N-dealkylation sites (tertiary alicyclic amines) is 1. The van der Waals surface area contributed by atoms with Crippen molar-refractivity contribution in [3.8, 4) is 0 Å². The summed E-state index contributed by atoms with van der Waals surface area (Å²) >= 11 is 0. The standard InChI is InChI=1S/C17H24N4/c1-14(16-11-18-20(2)13-16)19-17-7-5-15(6-8-17)12-21-9-3-4-10-21/h5-8,11,13-14,19H,3-4,9-10,12H2,1-2H3. The summed E-state index contributed by atoms with van der Waals surface area (Å²) in [6.45, 7) is 5.74. The second-order valence-corrected chi connectivity index (χ2v) is 5.99. The molecule has 1 saturated heterocycles. The normalized spacial score (nSPS) is 17.0. The molecule has 1 atom stereocenters. The SMILES string of the molecule is CC(Nc1ccc(CN2CCCC2)cc1)c1cnn(C)c1. The Hall–Kier alpha value is -1.81. The zero-order valence-corrected chi connectivity index (χ0v) is 12.9. The van der Waals surface area contributed by atoms with Gasteiger partial charge in [0.05, 0.1) is 12.2 Å². The number of hydrogen-bond acceptors (Lipinski definition) is 3. The number of hydrogen-bond donors (Lipinski definition) is 1. The first-order valence-corrected chi connectivity index (χ1v) is 7.77. The summed E-state index contributed by atoms with van der Waals surface area (Å²) in [6, 6.07) is 9.09. The lowest BCUT2D eigenvalue weighted by Crippen LogP contribution is -2.18. The largest absolute Gasteiger partial charge is 0.378 e. The Morgan fingerprint density at radius 1 is 1.19 bits per heavy atom. The van der Waals surface area contributed by atoms with Crippen LogP contribution in [0.1, 0.15) is 36.9 Å². The highest BCUT2D eigenvalue weighted by Crippen LogP contribution is 2.20. The highest BCUT2D eigenvalue weighted by atomic mass is 15.2. The van der Waals surface area contributed by atoms with Gasteiger partial charge in [-0.1, -0.05) is 12.1 Å². The van der Waals surface area contributed by atoms with E-state index in [4.69, 9.17) is 0 Å². The molecular weight excluding hydrogens is 260 g/mol. The van der Waals surface area contributed by atoms with Crippen LogP contribution >= 0.6 is 0 Å². The Kier molecular flexibility index (Phi) is 4.25. The number of nitrogens with one attached hydrogen (secondary N) is 1. The van der Waals surface area contributed by atoms with E-state index in [0.717, 1.165) is 12.2 Å². The third-order valence-electron chi connectivity index (χ3n) is 4.17. The smallest absolute Gasteiger partial charge is 0.0542 e. The van der Waals surface area contributed by atoms with E-state index in [-0.39, 0.29) is 6.04 Å². The average Bonchev–Trinajstić information content (AvgIpc) is 3.12. The predicted octanol–water partition coefficient (Wildman–Crippen LogP) is 3.19. The van der Waals surface area contributed by atoms with Crippen molar-refractivity contribution >= 4 is 5.69 Å². The van der Waals surface area contributed by atoms with Crippen molar-refractivity contribution in [2.45, 2.75) is 32.4 Å². The maximum absolute atomic E-state index is 4.22. The molecule has 0 bridgehead atoms. The van der Waals surface area contributed by atoms with E-state index < -0.39 is 0 Å². The molecule has 1 aliphatic rings. The fraction of sp³-hybridized carbons (Fsp3) is 0.471. The lowest BCUT2D eigenvalue weighted by Gasteiger charge is -2.16. The van der Waals surface area contributed by atoms with Crippen LogP contribution in [0.25, 0.3) is 0 Å². The molecule has 0 saturated carbocycles. The molecule has 0 aliphatic carbocycles. The zero-order chi connectivity index (χ0) is 14.7. The topological polar surface area (TPSA) is 33.1 Å². The molecule has 0 amide bonds. The quantitative estimate of drug-likeness (QED) is 0.915. The number of aryl methyl sites for hydroxylation is 1.